The summed E-state index contributed by atoms with van der Waals surface area (Å²) in [5, 5.41) is 0. The second-order valence-corrected chi connectivity index (χ2v) is 10.9. The van der Waals surface area contributed by atoms with Crippen LogP contribution in [0.25, 0.3) is 6.08 Å². The number of hydrogen-bond donors (Lipinski definition) is 0. The Balaban J connectivity index is 1.61. The van der Waals surface area contributed by atoms with Crippen LogP contribution in [0.2, 0.25) is 0 Å². The van der Waals surface area contributed by atoms with Crippen molar-refractivity contribution in [2.75, 3.05) is 13.7 Å². The fraction of sp³-hybridized carbons (Fsp3) is 0.207. The van der Waals surface area contributed by atoms with E-state index in [-0.39, 0.29) is 16.8 Å². The molecule has 1 heterocycles. The van der Waals surface area contributed by atoms with E-state index in [2.05, 4.69) is 15.9 Å². The number of amides is 1. The summed E-state index contributed by atoms with van der Waals surface area (Å²) in [5.41, 5.74) is 3.55. The van der Waals surface area contributed by atoms with E-state index in [0.717, 1.165) is 22.9 Å². The van der Waals surface area contributed by atoms with Gasteiger partial charge in [-0.1, -0.05) is 78.6 Å². The van der Waals surface area contributed by atoms with E-state index in [9.17, 15) is 9.59 Å². The third-order valence-corrected chi connectivity index (χ3v) is 7.81. The van der Waals surface area contributed by atoms with E-state index in [0.29, 0.717) is 38.6 Å². The van der Waals surface area contributed by atoms with Gasteiger partial charge >= 0.3 is 5.97 Å². The highest BCUT2D eigenvalue weighted by Gasteiger charge is 2.42. The number of esters is 1. The normalized spacial score (nSPS) is 15.1. The highest BCUT2D eigenvalue weighted by atomic mass is 79.9. The van der Waals surface area contributed by atoms with Crippen molar-refractivity contribution in [1.82, 2.24) is 4.90 Å². The van der Waals surface area contributed by atoms with Crippen LogP contribution in [0, 0.1) is 6.92 Å². The number of ether oxygens (including phenoxy) is 3. The molecular weight excluding hydrogens is 586 g/mol. The molecule has 0 bridgehead atoms. The minimum Gasteiger partial charge on any atom is -0.493 e. The molecule has 1 amide bonds. The van der Waals surface area contributed by atoms with Gasteiger partial charge in [-0.25, -0.2) is 4.79 Å². The molecule has 38 heavy (non-hydrogen) atoms. The molecule has 3 aromatic carbocycles. The molecule has 0 saturated carbocycles. The maximum Gasteiger partial charge on any atom is 0.333 e. The molecule has 1 atom stereocenters. The van der Waals surface area contributed by atoms with E-state index in [4.69, 9.17) is 26.4 Å². The zero-order valence-electron chi connectivity index (χ0n) is 21.1. The zero-order chi connectivity index (χ0) is 27.2. The molecule has 4 rings (SSSR count). The number of rotatable bonds is 9. The third kappa shape index (κ3) is 6.11. The van der Waals surface area contributed by atoms with Crippen molar-refractivity contribution in [3.63, 3.8) is 0 Å². The lowest BCUT2D eigenvalue weighted by molar-refractivity contribution is -0.151. The van der Waals surface area contributed by atoms with Gasteiger partial charge in [0.25, 0.3) is 5.91 Å². The molecule has 0 spiro atoms. The summed E-state index contributed by atoms with van der Waals surface area (Å²) < 4.78 is 17.9. The van der Waals surface area contributed by atoms with Crippen LogP contribution >= 0.6 is 39.9 Å². The van der Waals surface area contributed by atoms with Gasteiger partial charge in [0.1, 0.15) is 10.9 Å². The Bertz CT molecular complexity index is 1390. The van der Waals surface area contributed by atoms with Crippen LogP contribution in [-0.2, 0) is 20.9 Å². The molecule has 0 radical (unpaired) electrons. The number of hydrogen-bond acceptors (Lipinski definition) is 7. The van der Waals surface area contributed by atoms with Crippen LogP contribution < -0.4 is 9.47 Å². The maximum atomic E-state index is 13.5. The Morgan fingerprint density at radius 3 is 2.53 bits per heavy atom. The van der Waals surface area contributed by atoms with Crippen molar-refractivity contribution in [1.29, 1.82) is 0 Å². The molecule has 6 nitrogen and oxygen atoms in total. The van der Waals surface area contributed by atoms with Gasteiger partial charge in [0, 0.05) is 0 Å². The number of aryl methyl sites for hydroxylation is 1. The first-order valence-electron chi connectivity index (χ1n) is 11.9. The first kappa shape index (κ1) is 27.9. The van der Waals surface area contributed by atoms with Crippen LogP contribution in [0.3, 0.4) is 0 Å². The van der Waals surface area contributed by atoms with Gasteiger partial charge in [-0.2, -0.15) is 0 Å². The highest BCUT2D eigenvalue weighted by Crippen LogP contribution is 2.41. The number of benzene rings is 3. The van der Waals surface area contributed by atoms with Gasteiger partial charge in [0.15, 0.2) is 17.5 Å². The van der Waals surface area contributed by atoms with Crippen LogP contribution in [0.1, 0.15) is 35.2 Å². The molecule has 0 N–H and O–H groups in total. The van der Waals surface area contributed by atoms with E-state index in [1.807, 2.05) is 55.5 Å². The van der Waals surface area contributed by atoms with E-state index in [1.165, 1.54) is 4.90 Å². The van der Waals surface area contributed by atoms with Crippen molar-refractivity contribution in [3.8, 4) is 11.5 Å². The fourth-order valence-electron chi connectivity index (χ4n) is 3.99. The van der Waals surface area contributed by atoms with Crippen molar-refractivity contribution in [2.24, 2.45) is 0 Å². The monoisotopic (exact) mass is 611 g/mol. The molecule has 9 heteroatoms. The number of methoxy groups -OCH3 is 1. The Morgan fingerprint density at radius 1 is 1.13 bits per heavy atom. The molecule has 0 aliphatic carbocycles. The van der Waals surface area contributed by atoms with Gasteiger partial charge in [-0.15, -0.1) is 0 Å². The predicted molar refractivity (Wildman–Crippen MR) is 157 cm³/mol. The van der Waals surface area contributed by atoms with E-state index < -0.39 is 12.0 Å². The van der Waals surface area contributed by atoms with Crippen molar-refractivity contribution >= 4 is 62.2 Å². The summed E-state index contributed by atoms with van der Waals surface area (Å²) in [7, 11) is 1.56. The van der Waals surface area contributed by atoms with E-state index >= 15 is 0 Å². The third-order valence-electron chi connectivity index (χ3n) is 5.89. The molecule has 0 aromatic heterocycles. The lowest BCUT2D eigenvalue weighted by Crippen LogP contribution is -2.38. The molecule has 1 aliphatic heterocycles. The Morgan fingerprint density at radius 2 is 1.84 bits per heavy atom. The van der Waals surface area contributed by atoms with Gasteiger partial charge in [0.05, 0.1) is 23.1 Å². The maximum absolute atomic E-state index is 13.5. The van der Waals surface area contributed by atoms with Gasteiger partial charge < -0.3 is 14.2 Å². The lowest BCUT2D eigenvalue weighted by atomic mass is 10.1. The molecule has 3 aromatic rings. The van der Waals surface area contributed by atoms with Crippen LogP contribution in [0.15, 0.2) is 76.1 Å². The minimum absolute atomic E-state index is 0.193. The molecule has 196 valence electrons. The number of carbonyl (C=O) groups is 2. The molecular formula is C29H26BrNO5S2. The lowest BCUT2D eigenvalue weighted by Gasteiger charge is -2.25. The highest BCUT2D eigenvalue weighted by molar-refractivity contribution is 9.10. The second kappa shape index (κ2) is 12.6. The smallest absolute Gasteiger partial charge is 0.333 e. The first-order valence-corrected chi connectivity index (χ1v) is 13.9. The first-order chi connectivity index (χ1) is 18.3. The number of halogens is 1. The number of thiocarbonyl (C=S) groups is 1. The Labute approximate surface area is 240 Å². The standard InChI is InChI=1S/C29H26BrNO5S2/c1-4-35-28(33)25(20-11-6-5-7-12-20)31-27(32)24(38-29(31)37)16-19-14-22(30)26(23(15-19)34-3)36-17-21-13-9-8-10-18(21)2/h5-16,25H,4,17H2,1-3H3/b24-16-. The second-order valence-electron chi connectivity index (χ2n) is 8.37. The zero-order valence-corrected chi connectivity index (χ0v) is 24.3. The largest absolute Gasteiger partial charge is 0.493 e. The molecule has 1 fully saturated rings. The number of carbonyl (C=O) groups excluding carboxylic acids is 2. The topological polar surface area (TPSA) is 65.1 Å². The predicted octanol–water partition coefficient (Wildman–Crippen LogP) is 6.85. The minimum atomic E-state index is -0.965. The quantitative estimate of drug-likeness (QED) is 0.149. The summed E-state index contributed by atoms with van der Waals surface area (Å²) in [6.45, 7) is 4.34. The van der Waals surface area contributed by atoms with Crippen LogP contribution in [-0.4, -0.2) is 34.8 Å². The number of nitrogens with zero attached hydrogens (tertiary/aromatic N) is 1. The summed E-state index contributed by atoms with van der Waals surface area (Å²) in [6, 6.07) is 19.7. The Hall–Kier alpha value is -3.14. The van der Waals surface area contributed by atoms with Crippen LogP contribution in [0.5, 0.6) is 11.5 Å². The average molecular weight is 613 g/mol. The van der Waals surface area contributed by atoms with E-state index in [1.54, 1.807) is 38.3 Å². The molecule has 1 unspecified atom stereocenters. The number of thioether (sulfide) groups is 1. The summed E-state index contributed by atoms with van der Waals surface area (Å²) in [5.74, 6) is 0.183. The fourth-order valence-corrected chi connectivity index (χ4v) is 5.87. The molecule has 1 aliphatic rings. The van der Waals surface area contributed by atoms with Crippen molar-refractivity contribution in [2.45, 2.75) is 26.5 Å². The summed E-state index contributed by atoms with van der Waals surface area (Å²) >= 11 is 10.3. The van der Waals surface area contributed by atoms with Crippen molar-refractivity contribution in [3.05, 3.63) is 98.4 Å². The SMILES string of the molecule is CCOC(=O)C(c1ccccc1)N1C(=O)/C(=C/c2cc(Br)c(OCc3ccccc3C)c(OC)c2)SC1=S. The van der Waals surface area contributed by atoms with Gasteiger partial charge in [-0.05, 0) is 70.2 Å². The Kier molecular flexibility index (Phi) is 9.25. The van der Waals surface area contributed by atoms with Crippen molar-refractivity contribution < 1.29 is 23.8 Å². The van der Waals surface area contributed by atoms with Crippen LogP contribution in [0.4, 0.5) is 0 Å². The van der Waals surface area contributed by atoms with Gasteiger partial charge in [-0.3, -0.25) is 9.69 Å². The molecule has 1 saturated heterocycles. The summed E-state index contributed by atoms with van der Waals surface area (Å²) in [6.07, 6.45) is 1.73. The summed E-state index contributed by atoms with van der Waals surface area (Å²) in [4.78, 5) is 28.1. The van der Waals surface area contributed by atoms with Gasteiger partial charge in [0.2, 0.25) is 0 Å². The average Bonchev–Trinajstić information content (AvgIpc) is 3.17.